The van der Waals surface area contributed by atoms with Crippen LogP contribution in [0.1, 0.15) is 41.9 Å². The third-order valence-corrected chi connectivity index (χ3v) is 6.10. The van der Waals surface area contributed by atoms with Gasteiger partial charge in [-0.15, -0.1) is 0 Å². The average Bonchev–Trinajstić information content (AvgIpc) is 2.93. The van der Waals surface area contributed by atoms with Crippen LogP contribution < -0.4 is 16.2 Å². The zero-order chi connectivity index (χ0) is 21.5. The first-order valence-corrected chi connectivity index (χ1v) is 10.1. The Morgan fingerprint density at radius 2 is 2.14 bits per heavy atom. The number of nitrogens with two attached hydrogens (primary N) is 2. The predicted molar refractivity (Wildman–Crippen MR) is 116 cm³/mol. The molecule has 1 aliphatic heterocycles. The van der Waals surface area contributed by atoms with E-state index in [4.69, 9.17) is 21.3 Å². The Labute approximate surface area is 174 Å². The lowest BCUT2D eigenvalue weighted by atomic mass is 9.83. The van der Waals surface area contributed by atoms with Gasteiger partial charge >= 0.3 is 0 Å². The van der Waals surface area contributed by atoms with Gasteiger partial charge in [0.15, 0.2) is 5.78 Å². The van der Waals surface area contributed by atoms with Gasteiger partial charge in [-0.3, -0.25) is 9.78 Å². The predicted octanol–water partition coefficient (Wildman–Crippen LogP) is 2.30. The van der Waals surface area contributed by atoms with E-state index in [0.29, 0.717) is 28.7 Å². The van der Waals surface area contributed by atoms with E-state index in [9.17, 15) is 4.79 Å². The van der Waals surface area contributed by atoms with Crippen LogP contribution in [0.25, 0.3) is 0 Å². The second kappa shape index (κ2) is 7.55. The van der Waals surface area contributed by atoms with Gasteiger partial charge in [0.05, 0.1) is 41.8 Å². The molecular formula is C20H26N6O2S. The van der Waals surface area contributed by atoms with Gasteiger partial charge in [-0.25, -0.2) is 9.67 Å². The van der Waals surface area contributed by atoms with E-state index in [1.54, 1.807) is 18.0 Å². The molecule has 2 aromatic heterocycles. The van der Waals surface area contributed by atoms with Crippen LogP contribution in [0.2, 0.25) is 0 Å². The molecule has 3 rings (SSSR count). The van der Waals surface area contributed by atoms with Crippen LogP contribution in [0, 0.1) is 13.8 Å². The van der Waals surface area contributed by atoms with Gasteiger partial charge in [0.1, 0.15) is 22.4 Å². The molecule has 0 amide bonds. The number of Topliss-reactive ketones (excluding diaryl/α,β-unsaturated/α-hetero) is 1. The normalized spacial score (nSPS) is 17.1. The van der Waals surface area contributed by atoms with Crippen LogP contribution >= 0.6 is 11.8 Å². The third kappa shape index (κ3) is 3.62. The van der Waals surface area contributed by atoms with Crippen molar-refractivity contribution in [1.29, 1.82) is 0 Å². The van der Waals surface area contributed by atoms with E-state index in [0.717, 1.165) is 22.6 Å². The molecule has 8 nitrogen and oxygen atoms in total. The first-order valence-electron chi connectivity index (χ1n) is 9.13. The van der Waals surface area contributed by atoms with Crippen LogP contribution in [0.3, 0.4) is 0 Å². The van der Waals surface area contributed by atoms with Gasteiger partial charge < -0.3 is 16.2 Å². The number of aliphatic imine (C=N–C) groups is 1. The molecule has 0 radical (unpaired) electrons. The number of thioether (sulfide) groups is 1. The molecule has 0 aromatic carbocycles. The van der Waals surface area contributed by atoms with Crippen molar-refractivity contribution in [3.63, 3.8) is 0 Å². The molecule has 0 aliphatic carbocycles. The van der Waals surface area contributed by atoms with E-state index in [1.807, 2.05) is 27.7 Å². The first kappa shape index (κ1) is 20.9. The number of hydrogen-bond donors (Lipinski definition) is 2. The molecule has 4 N–H and O–H groups in total. The van der Waals surface area contributed by atoms with Gasteiger partial charge in [0.25, 0.3) is 0 Å². The topological polar surface area (TPSA) is 121 Å². The summed E-state index contributed by atoms with van der Waals surface area (Å²) in [7, 11) is 1.64. The van der Waals surface area contributed by atoms with E-state index in [1.165, 1.54) is 11.8 Å². The van der Waals surface area contributed by atoms with Crippen molar-refractivity contribution in [3.8, 4) is 5.75 Å². The maximum Gasteiger partial charge on any atom is 0.154 e. The van der Waals surface area contributed by atoms with E-state index in [-0.39, 0.29) is 17.4 Å². The minimum atomic E-state index is -0.803. The van der Waals surface area contributed by atoms with Crippen molar-refractivity contribution >= 4 is 28.4 Å². The molecule has 0 atom stereocenters. The molecule has 3 heterocycles. The number of fused-ring (bicyclic) bond motifs is 1. The van der Waals surface area contributed by atoms with Gasteiger partial charge in [0, 0.05) is 17.3 Å². The van der Waals surface area contributed by atoms with E-state index in [2.05, 4.69) is 16.6 Å². The fraction of sp³-hybridized carbons (Fsp3) is 0.400. The summed E-state index contributed by atoms with van der Waals surface area (Å²) in [6, 6.07) is 0. The summed E-state index contributed by atoms with van der Waals surface area (Å²) in [5.74, 6) is 1.67. The number of anilines is 1. The van der Waals surface area contributed by atoms with Gasteiger partial charge in [-0.05, 0) is 27.7 Å². The molecule has 0 saturated carbocycles. The lowest BCUT2D eigenvalue weighted by Crippen LogP contribution is -2.31. The number of aryl methyl sites for hydroxylation is 1. The third-order valence-electron chi connectivity index (χ3n) is 5.13. The van der Waals surface area contributed by atoms with Crippen LogP contribution in [0.4, 0.5) is 5.82 Å². The van der Waals surface area contributed by atoms with Gasteiger partial charge in [-0.1, -0.05) is 18.3 Å². The number of nitrogen functional groups attached to an aromatic ring is 1. The number of carbonyl (C=O) groups excluding carboxylic acids is 1. The Bertz CT molecular complexity index is 1040. The van der Waals surface area contributed by atoms with Crippen LogP contribution in [0.5, 0.6) is 5.75 Å². The average molecular weight is 415 g/mol. The molecule has 2 aromatic rings. The molecular weight excluding hydrogens is 388 g/mol. The molecule has 0 saturated heterocycles. The zero-order valence-corrected chi connectivity index (χ0v) is 18.2. The lowest BCUT2D eigenvalue weighted by Gasteiger charge is -2.19. The number of ether oxygens (including phenoxy) is 1. The maximum absolute atomic E-state index is 12.7. The largest absolute Gasteiger partial charge is 0.496 e. The molecule has 0 bridgehead atoms. The summed E-state index contributed by atoms with van der Waals surface area (Å²) < 4.78 is 7.16. The number of aromatic nitrogens is 3. The van der Waals surface area contributed by atoms with Crippen LogP contribution in [-0.4, -0.2) is 38.5 Å². The molecule has 1 aliphatic rings. The summed E-state index contributed by atoms with van der Waals surface area (Å²) in [5, 5.41) is 5.27. The number of carbonyl (C=O) groups is 1. The number of pyridine rings is 1. The Balaban J connectivity index is 2.17. The van der Waals surface area contributed by atoms with E-state index < -0.39 is 5.41 Å². The highest BCUT2D eigenvalue weighted by atomic mass is 32.2. The summed E-state index contributed by atoms with van der Waals surface area (Å²) in [5.41, 5.74) is 15.3. The van der Waals surface area contributed by atoms with Gasteiger partial charge in [-0.2, -0.15) is 5.10 Å². The molecule has 154 valence electrons. The lowest BCUT2D eigenvalue weighted by molar-refractivity contribution is -0.121. The fourth-order valence-electron chi connectivity index (χ4n) is 3.35. The Morgan fingerprint density at radius 1 is 1.45 bits per heavy atom. The van der Waals surface area contributed by atoms with Crippen molar-refractivity contribution in [3.05, 3.63) is 46.7 Å². The van der Waals surface area contributed by atoms with Crippen molar-refractivity contribution in [2.24, 2.45) is 10.7 Å². The number of methoxy groups -OCH3 is 1. The second-order valence-corrected chi connectivity index (χ2v) is 8.52. The summed E-state index contributed by atoms with van der Waals surface area (Å²) >= 11 is 1.30. The summed E-state index contributed by atoms with van der Waals surface area (Å²) in [4.78, 5) is 21.6. The van der Waals surface area contributed by atoms with Crippen molar-refractivity contribution in [2.75, 3.05) is 18.6 Å². The molecule has 0 spiro atoms. The highest BCUT2D eigenvalue weighted by Crippen LogP contribution is 2.38. The monoisotopic (exact) mass is 414 g/mol. The molecule has 9 heteroatoms. The van der Waals surface area contributed by atoms with Crippen LogP contribution in [-0.2, 0) is 16.8 Å². The maximum atomic E-state index is 12.7. The van der Waals surface area contributed by atoms with Crippen molar-refractivity contribution < 1.29 is 9.53 Å². The minimum absolute atomic E-state index is 0.0487. The molecule has 29 heavy (non-hydrogen) atoms. The molecule has 0 unspecified atom stereocenters. The fourth-order valence-corrected chi connectivity index (χ4v) is 4.51. The highest BCUT2D eigenvalue weighted by Gasteiger charge is 2.40. The van der Waals surface area contributed by atoms with Crippen LogP contribution in [0.15, 0.2) is 23.6 Å². The quantitative estimate of drug-likeness (QED) is 0.787. The Morgan fingerprint density at radius 3 is 2.76 bits per heavy atom. The number of hydrogen-bond acceptors (Lipinski definition) is 8. The second-order valence-electron chi connectivity index (χ2n) is 7.56. The van der Waals surface area contributed by atoms with Crippen molar-refractivity contribution in [1.82, 2.24) is 14.8 Å². The molecule has 0 fully saturated rings. The first-order chi connectivity index (χ1) is 13.6. The zero-order valence-electron chi connectivity index (χ0n) is 17.4. The standard InChI is InChI=1S/C20H26N6O2S/c1-10-7-23-13(11(2)16(10)28-6)8-26-18(22)15-17(25-26)20(4,5)14(27)9-29-19(15)24-12(3)21/h7H,3,8-9,21-22H2,1-2,4-6H3. The number of rotatable bonds is 4. The number of ketones is 1. The van der Waals surface area contributed by atoms with E-state index >= 15 is 0 Å². The van der Waals surface area contributed by atoms with Crippen molar-refractivity contribution in [2.45, 2.75) is 39.7 Å². The summed E-state index contributed by atoms with van der Waals surface area (Å²) in [6.45, 7) is 11.6. The highest BCUT2D eigenvalue weighted by molar-refractivity contribution is 8.15. The summed E-state index contributed by atoms with van der Waals surface area (Å²) in [6.07, 6.45) is 1.76. The minimum Gasteiger partial charge on any atom is -0.496 e. The Kier molecular flexibility index (Phi) is 5.44. The SMILES string of the molecule is C=C(N)N=C1SCC(=O)C(C)(C)c2nn(Cc3ncc(C)c(OC)c3C)c(N)c21. The Hall–Kier alpha value is -2.81. The number of nitrogens with zero attached hydrogens (tertiary/aromatic N) is 4. The van der Waals surface area contributed by atoms with Gasteiger partial charge in [0.2, 0.25) is 0 Å². The smallest absolute Gasteiger partial charge is 0.154 e.